The Kier molecular flexibility index (Phi) is 4.51. The molecule has 0 spiro atoms. The monoisotopic (exact) mass is 293 g/mol. The lowest BCUT2D eigenvalue weighted by Crippen LogP contribution is -2.30. The first-order valence-electron chi connectivity index (χ1n) is 5.93. The summed E-state index contributed by atoms with van der Waals surface area (Å²) in [5, 5.41) is 3.29. The Hall–Kier alpha value is -1.02. The number of alkyl halides is 3. The van der Waals surface area contributed by atoms with Gasteiger partial charge in [0.2, 0.25) is 5.95 Å². The molecule has 1 N–H and O–H groups in total. The number of thioether (sulfide) groups is 1. The van der Waals surface area contributed by atoms with Crippen LogP contribution in [-0.2, 0) is 10.9 Å². The number of hydrogen-bond acceptors (Lipinski definition) is 5. The van der Waals surface area contributed by atoms with Crippen molar-refractivity contribution in [3.05, 3.63) is 11.8 Å². The molecule has 0 saturated carbocycles. The minimum absolute atomic E-state index is 0.0272. The molecule has 0 aromatic carbocycles. The average Bonchev–Trinajstić information content (AvgIpc) is 2.30. The third-order valence-electron chi connectivity index (χ3n) is 2.42. The number of nitrogens with one attached hydrogen (secondary N) is 1. The molecule has 1 aromatic heterocycles. The van der Waals surface area contributed by atoms with Gasteiger partial charge in [-0.1, -0.05) is 18.7 Å². The van der Waals surface area contributed by atoms with E-state index in [1.54, 1.807) is 0 Å². The third-order valence-corrected chi connectivity index (χ3v) is 3.48. The van der Waals surface area contributed by atoms with Crippen LogP contribution in [0.1, 0.15) is 19.0 Å². The van der Waals surface area contributed by atoms with Crippen molar-refractivity contribution in [2.75, 3.05) is 25.1 Å². The van der Waals surface area contributed by atoms with Gasteiger partial charge in [-0.3, -0.25) is 0 Å². The Bertz CT molecular complexity index is 438. The van der Waals surface area contributed by atoms with Crippen LogP contribution < -0.4 is 5.32 Å². The minimum Gasteiger partial charge on any atom is -0.379 e. The SMILES string of the molecule is CCCNc1nc(SC2COC2)cc(C(F)(F)F)n1. The zero-order valence-corrected chi connectivity index (χ0v) is 11.1. The molecule has 1 aromatic rings. The van der Waals surface area contributed by atoms with Crippen LogP contribution in [-0.4, -0.2) is 35.0 Å². The first-order valence-corrected chi connectivity index (χ1v) is 6.81. The van der Waals surface area contributed by atoms with Crippen LogP contribution in [0.2, 0.25) is 0 Å². The van der Waals surface area contributed by atoms with E-state index in [1.807, 2.05) is 6.92 Å². The van der Waals surface area contributed by atoms with Gasteiger partial charge in [0.15, 0.2) is 5.69 Å². The van der Waals surface area contributed by atoms with E-state index in [2.05, 4.69) is 15.3 Å². The Morgan fingerprint density at radius 3 is 2.68 bits per heavy atom. The number of ether oxygens (including phenoxy) is 1. The molecule has 0 unspecified atom stereocenters. The van der Waals surface area contributed by atoms with E-state index in [9.17, 15) is 13.2 Å². The highest BCUT2D eigenvalue weighted by molar-refractivity contribution is 8.00. The van der Waals surface area contributed by atoms with Crippen molar-refractivity contribution in [1.29, 1.82) is 0 Å². The maximum Gasteiger partial charge on any atom is 0.433 e. The Balaban J connectivity index is 2.19. The molecule has 1 aliphatic heterocycles. The van der Waals surface area contributed by atoms with Crippen LogP contribution in [0.5, 0.6) is 0 Å². The van der Waals surface area contributed by atoms with Crippen LogP contribution >= 0.6 is 11.8 Å². The van der Waals surface area contributed by atoms with Gasteiger partial charge in [0, 0.05) is 12.6 Å². The lowest BCUT2D eigenvalue weighted by atomic mass is 10.4. The number of anilines is 1. The quantitative estimate of drug-likeness (QED) is 0.846. The smallest absolute Gasteiger partial charge is 0.379 e. The van der Waals surface area contributed by atoms with E-state index in [4.69, 9.17) is 4.74 Å². The molecule has 0 atom stereocenters. The summed E-state index contributed by atoms with van der Waals surface area (Å²) in [7, 11) is 0. The summed E-state index contributed by atoms with van der Waals surface area (Å²) >= 11 is 1.29. The predicted molar refractivity (Wildman–Crippen MR) is 66.3 cm³/mol. The molecule has 8 heteroatoms. The van der Waals surface area contributed by atoms with Gasteiger partial charge in [-0.05, 0) is 6.42 Å². The highest BCUT2D eigenvalue weighted by Crippen LogP contribution is 2.33. The first-order chi connectivity index (χ1) is 8.99. The van der Waals surface area contributed by atoms with Crippen LogP contribution in [0, 0.1) is 0 Å². The van der Waals surface area contributed by atoms with Crippen molar-refractivity contribution >= 4 is 17.7 Å². The highest BCUT2D eigenvalue weighted by Gasteiger charge is 2.34. The largest absolute Gasteiger partial charge is 0.433 e. The molecule has 0 amide bonds. The van der Waals surface area contributed by atoms with E-state index in [-0.39, 0.29) is 11.2 Å². The molecule has 2 heterocycles. The predicted octanol–water partition coefficient (Wildman–Crippen LogP) is 2.81. The molecule has 1 fully saturated rings. The molecule has 19 heavy (non-hydrogen) atoms. The number of halogens is 3. The van der Waals surface area contributed by atoms with E-state index in [0.29, 0.717) is 24.8 Å². The second kappa shape index (κ2) is 5.96. The number of rotatable bonds is 5. The Morgan fingerprint density at radius 2 is 2.16 bits per heavy atom. The van der Waals surface area contributed by atoms with Gasteiger partial charge in [0.25, 0.3) is 0 Å². The maximum absolute atomic E-state index is 12.8. The van der Waals surface area contributed by atoms with E-state index >= 15 is 0 Å². The van der Waals surface area contributed by atoms with Crippen molar-refractivity contribution in [3.8, 4) is 0 Å². The summed E-state index contributed by atoms with van der Waals surface area (Å²) in [5.41, 5.74) is -0.913. The maximum atomic E-state index is 12.8. The molecular formula is C11H14F3N3OS. The van der Waals surface area contributed by atoms with Crippen molar-refractivity contribution in [1.82, 2.24) is 9.97 Å². The van der Waals surface area contributed by atoms with E-state index in [0.717, 1.165) is 12.5 Å². The van der Waals surface area contributed by atoms with Gasteiger partial charge >= 0.3 is 6.18 Å². The second-order valence-corrected chi connectivity index (χ2v) is 5.44. The Morgan fingerprint density at radius 1 is 1.42 bits per heavy atom. The molecular weight excluding hydrogens is 279 g/mol. The fraction of sp³-hybridized carbons (Fsp3) is 0.636. The second-order valence-electron chi connectivity index (χ2n) is 4.12. The number of hydrogen-bond donors (Lipinski definition) is 1. The molecule has 2 rings (SSSR count). The van der Waals surface area contributed by atoms with Gasteiger partial charge in [-0.15, -0.1) is 0 Å². The van der Waals surface area contributed by atoms with Crippen molar-refractivity contribution < 1.29 is 17.9 Å². The van der Waals surface area contributed by atoms with Crippen molar-refractivity contribution in [3.63, 3.8) is 0 Å². The van der Waals surface area contributed by atoms with E-state index < -0.39 is 11.9 Å². The van der Waals surface area contributed by atoms with Gasteiger partial charge < -0.3 is 10.1 Å². The third kappa shape index (κ3) is 3.97. The zero-order chi connectivity index (χ0) is 13.9. The number of aromatic nitrogens is 2. The molecule has 0 bridgehead atoms. The molecule has 1 saturated heterocycles. The summed E-state index contributed by atoms with van der Waals surface area (Å²) < 4.78 is 43.3. The standard InChI is InChI=1S/C11H14F3N3OS/c1-2-3-15-10-16-8(11(12,13)14)4-9(17-10)19-7-5-18-6-7/h4,7H,2-3,5-6H2,1H3,(H,15,16,17). The summed E-state index contributed by atoms with van der Waals surface area (Å²) in [5.74, 6) is 0.0272. The minimum atomic E-state index is -4.46. The molecule has 106 valence electrons. The van der Waals surface area contributed by atoms with Gasteiger partial charge in [0.1, 0.15) is 5.03 Å². The van der Waals surface area contributed by atoms with Gasteiger partial charge in [-0.25, -0.2) is 9.97 Å². The van der Waals surface area contributed by atoms with Crippen LogP contribution in [0.3, 0.4) is 0 Å². The molecule has 0 aliphatic carbocycles. The van der Waals surface area contributed by atoms with Crippen molar-refractivity contribution in [2.24, 2.45) is 0 Å². The summed E-state index contributed by atoms with van der Waals surface area (Å²) in [6.07, 6.45) is -3.67. The normalized spacial score (nSPS) is 16.2. The first kappa shape index (κ1) is 14.4. The summed E-state index contributed by atoms with van der Waals surface area (Å²) in [6.45, 7) is 3.56. The molecule has 1 aliphatic rings. The average molecular weight is 293 g/mol. The molecule has 0 radical (unpaired) electrons. The van der Waals surface area contributed by atoms with E-state index in [1.165, 1.54) is 11.8 Å². The van der Waals surface area contributed by atoms with Crippen LogP contribution in [0.15, 0.2) is 11.1 Å². The zero-order valence-electron chi connectivity index (χ0n) is 10.3. The highest BCUT2D eigenvalue weighted by atomic mass is 32.2. The lowest BCUT2D eigenvalue weighted by Gasteiger charge is -2.25. The number of nitrogens with zero attached hydrogens (tertiary/aromatic N) is 2. The fourth-order valence-electron chi connectivity index (χ4n) is 1.40. The van der Waals surface area contributed by atoms with Gasteiger partial charge in [0.05, 0.1) is 18.5 Å². The lowest BCUT2D eigenvalue weighted by molar-refractivity contribution is -0.141. The van der Waals surface area contributed by atoms with Crippen molar-refractivity contribution in [2.45, 2.75) is 29.8 Å². The Labute approximate surface area is 113 Å². The topological polar surface area (TPSA) is 47.0 Å². The summed E-state index contributed by atoms with van der Waals surface area (Å²) in [6, 6.07) is 0.986. The fourth-order valence-corrected chi connectivity index (χ4v) is 2.39. The molecule has 4 nitrogen and oxygen atoms in total. The summed E-state index contributed by atoms with van der Waals surface area (Å²) in [4.78, 5) is 7.59. The van der Waals surface area contributed by atoms with Gasteiger partial charge in [-0.2, -0.15) is 13.2 Å². The van der Waals surface area contributed by atoms with Crippen LogP contribution in [0.25, 0.3) is 0 Å². The van der Waals surface area contributed by atoms with Crippen LogP contribution in [0.4, 0.5) is 19.1 Å².